The summed E-state index contributed by atoms with van der Waals surface area (Å²) in [5.74, 6) is 1.88. The molecule has 0 amide bonds. The minimum absolute atomic E-state index is 0.107. The van der Waals surface area contributed by atoms with Gasteiger partial charge in [0.1, 0.15) is 28.3 Å². The van der Waals surface area contributed by atoms with E-state index >= 15 is 0 Å². The molecule has 1 atom stereocenters. The monoisotopic (exact) mass is 362 g/mol. The van der Waals surface area contributed by atoms with Crippen LogP contribution in [0, 0.1) is 0 Å². The average Bonchev–Trinajstić information content (AvgIpc) is 2.92. The van der Waals surface area contributed by atoms with E-state index in [2.05, 4.69) is 36.9 Å². The van der Waals surface area contributed by atoms with E-state index in [4.69, 9.17) is 4.74 Å². The Hall–Kier alpha value is -1.60. The second kappa shape index (κ2) is 5.31. The van der Waals surface area contributed by atoms with Crippen LogP contribution in [0.25, 0.3) is 11.2 Å². The third kappa shape index (κ3) is 2.40. The standard InChI is InChI=1S/C14H11BrN4OS/c15-13-12-14(17-7-16-13)19(8-18-12)5-9-6-21-11-4-2-1-3-10(11)20-9/h1-4,7-9H,5-6H2. The molecule has 0 N–H and O–H groups in total. The largest absolute Gasteiger partial charge is 0.487 e. The highest BCUT2D eigenvalue weighted by Gasteiger charge is 2.21. The Labute approximate surface area is 133 Å². The van der Waals surface area contributed by atoms with E-state index in [-0.39, 0.29) is 6.10 Å². The minimum Gasteiger partial charge on any atom is -0.487 e. The summed E-state index contributed by atoms with van der Waals surface area (Å²) in [5, 5.41) is 0. The minimum atomic E-state index is 0.107. The van der Waals surface area contributed by atoms with Gasteiger partial charge >= 0.3 is 0 Å². The molecule has 2 aromatic heterocycles. The molecule has 3 heterocycles. The number of fused-ring (bicyclic) bond motifs is 2. The number of hydrogen-bond acceptors (Lipinski definition) is 5. The van der Waals surface area contributed by atoms with Gasteiger partial charge in [-0.15, -0.1) is 11.8 Å². The maximum Gasteiger partial charge on any atom is 0.164 e. The zero-order valence-electron chi connectivity index (χ0n) is 10.9. The number of ether oxygens (including phenoxy) is 1. The summed E-state index contributed by atoms with van der Waals surface area (Å²) >= 11 is 5.22. The highest BCUT2D eigenvalue weighted by atomic mass is 79.9. The first-order valence-corrected chi connectivity index (χ1v) is 8.29. The van der Waals surface area contributed by atoms with Crippen LogP contribution in [0.1, 0.15) is 0 Å². The van der Waals surface area contributed by atoms with Crippen LogP contribution in [0.2, 0.25) is 0 Å². The van der Waals surface area contributed by atoms with E-state index in [0.717, 1.165) is 33.8 Å². The van der Waals surface area contributed by atoms with Crippen molar-refractivity contribution < 1.29 is 4.74 Å². The van der Waals surface area contributed by atoms with Crippen molar-refractivity contribution in [1.29, 1.82) is 0 Å². The summed E-state index contributed by atoms with van der Waals surface area (Å²) in [6, 6.07) is 8.14. The molecule has 4 rings (SSSR count). The maximum atomic E-state index is 6.06. The number of benzene rings is 1. The van der Waals surface area contributed by atoms with Crippen LogP contribution in [-0.2, 0) is 6.54 Å². The lowest BCUT2D eigenvalue weighted by atomic mass is 10.3. The smallest absolute Gasteiger partial charge is 0.164 e. The second-order valence-corrected chi connectivity index (χ2v) is 6.54. The van der Waals surface area contributed by atoms with Crippen LogP contribution in [0.4, 0.5) is 0 Å². The van der Waals surface area contributed by atoms with Gasteiger partial charge in [0.2, 0.25) is 0 Å². The highest BCUT2D eigenvalue weighted by Crippen LogP contribution is 2.35. The Morgan fingerprint density at radius 1 is 1.29 bits per heavy atom. The van der Waals surface area contributed by atoms with Gasteiger partial charge in [-0.3, -0.25) is 0 Å². The summed E-state index contributed by atoms with van der Waals surface area (Å²) < 4.78 is 8.79. The maximum absolute atomic E-state index is 6.06. The summed E-state index contributed by atoms with van der Waals surface area (Å²) in [6.07, 6.45) is 3.44. The van der Waals surface area contributed by atoms with Crippen molar-refractivity contribution in [1.82, 2.24) is 19.5 Å². The van der Waals surface area contributed by atoms with Crippen molar-refractivity contribution in [2.45, 2.75) is 17.5 Å². The molecule has 0 aliphatic carbocycles. The first-order chi connectivity index (χ1) is 10.3. The van der Waals surface area contributed by atoms with Crippen molar-refractivity contribution in [3.63, 3.8) is 0 Å². The lowest BCUT2D eigenvalue weighted by molar-refractivity contribution is 0.195. The van der Waals surface area contributed by atoms with Gasteiger partial charge < -0.3 is 9.30 Å². The molecule has 1 unspecified atom stereocenters. The number of halogens is 1. The zero-order chi connectivity index (χ0) is 14.2. The van der Waals surface area contributed by atoms with Crippen molar-refractivity contribution in [2.24, 2.45) is 0 Å². The van der Waals surface area contributed by atoms with Gasteiger partial charge in [-0.25, -0.2) is 15.0 Å². The Balaban J connectivity index is 1.60. The van der Waals surface area contributed by atoms with Gasteiger partial charge in [0.25, 0.3) is 0 Å². The molecule has 21 heavy (non-hydrogen) atoms. The molecule has 106 valence electrons. The van der Waals surface area contributed by atoms with Crippen molar-refractivity contribution >= 4 is 38.9 Å². The van der Waals surface area contributed by atoms with E-state index in [0.29, 0.717) is 0 Å². The predicted molar refractivity (Wildman–Crippen MR) is 84.6 cm³/mol. The average molecular weight is 363 g/mol. The van der Waals surface area contributed by atoms with Crippen molar-refractivity contribution in [2.75, 3.05) is 5.75 Å². The predicted octanol–water partition coefficient (Wildman–Crippen LogP) is 3.14. The van der Waals surface area contributed by atoms with Gasteiger partial charge in [-0.1, -0.05) is 12.1 Å². The van der Waals surface area contributed by atoms with Gasteiger partial charge in [-0.2, -0.15) is 0 Å². The van der Waals surface area contributed by atoms with Gasteiger partial charge in [-0.05, 0) is 28.1 Å². The normalized spacial score (nSPS) is 17.5. The van der Waals surface area contributed by atoms with E-state index in [1.54, 1.807) is 6.33 Å². The molecule has 0 radical (unpaired) electrons. The van der Waals surface area contributed by atoms with Crippen LogP contribution >= 0.6 is 27.7 Å². The molecule has 0 bridgehead atoms. The third-order valence-corrected chi connectivity index (χ3v) is 5.09. The molecule has 5 nitrogen and oxygen atoms in total. The number of thioether (sulfide) groups is 1. The topological polar surface area (TPSA) is 52.8 Å². The fourth-order valence-corrected chi connectivity index (χ4v) is 3.70. The molecule has 1 aromatic carbocycles. The molecule has 0 spiro atoms. The summed E-state index contributed by atoms with van der Waals surface area (Å²) in [5.41, 5.74) is 1.60. The molecular weight excluding hydrogens is 352 g/mol. The van der Waals surface area contributed by atoms with E-state index < -0.39 is 0 Å². The number of aromatic nitrogens is 4. The molecule has 0 saturated carbocycles. The number of para-hydroxylation sites is 1. The number of nitrogens with zero attached hydrogens (tertiary/aromatic N) is 4. The lowest BCUT2D eigenvalue weighted by Crippen LogP contribution is -2.28. The third-order valence-electron chi connectivity index (χ3n) is 3.32. The Bertz CT molecular complexity index is 807. The molecule has 1 aliphatic rings. The summed E-state index contributed by atoms with van der Waals surface area (Å²) in [4.78, 5) is 14.0. The van der Waals surface area contributed by atoms with Gasteiger partial charge in [0, 0.05) is 10.6 Å². The van der Waals surface area contributed by atoms with Crippen LogP contribution in [0.5, 0.6) is 5.75 Å². The van der Waals surface area contributed by atoms with Crippen LogP contribution < -0.4 is 4.74 Å². The Morgan fingerprint density at radius 2 is 2.19 bits per heavy atom. The first-order valence-electron chi connectivity index (χ1n) is 6.51. The number of rotatable bonds is 2. The summed E-state index contributed by atoms with van der Waals surface area (Å²) in [6.45, 7) is 0.723. The first kappa shape index (κ1) is 13.1. The summed E-state index contributed by atoms with van der Waals surface area (Å²) in [7, 11) is 0. The fraction of sp³-hybridized carbons (Fsp3) is 0.214. The fourth-order valence-electron chi connectivity index (χ4n) is 2.36. The van der Waals surface area contributed by atoms with Crippen molar-refractivity contribution in [3.05, 3.63) is 41.5 Å². The van der Waals surface area contributed by atoms with Crippen LogP contribution in [-0.4, -0.2) is 31.4 Å². The molecule has 0 saturated heterocycles. The number of imidazole rings is 1. The quantitative estimate of drug-likeness (QED) is 0.655. The second-order valence-electron chi connectivity index (χ2n) is 4.73. The molecule has 3 aromatic rings. The molecule has 7 heteroatoms. The molecule has 0 fully saturated rings. The molecule has 1 aliphatic heterocycles. The number of hydrogen-bond donors (Lipinski definition) is 0. The SMILES string of the molecule is Brc1ncnc2c1ncn2CC1CSc2ccccc2O1. The highest BCUT2D eigenvalue weighted by molar-refractivity contribution is 9.10. The van der Waals surface area contributed by atoms with E-state index in [1.807, 2.05) is 34.5 Å². The lowest BCUT2D eigenvalue weighted by Gasteiger charge is -2.25. The van der Waals surface area contributed by atoms with Gasteiger partial charge in [0.15, 0.2) is 5.65 Å². The van der Waals surface area contributed by atoms with Crippen LogP contribution in [0.3, 0.4) is 0 Å². The Morgan fingerprint density at radius 3 is 3.14 bits per heavy atom. The zero-order valence-corrected chi connectivity index (χ0v) is 13.3. The van der Waals surface area contributed by atoms with Crippen molar-refractivity contribution in [3.8, 4) is 5.75 Å². The van der Waals surface area contributed by atoms with Crippen LogP contribution in [0.15, 0.2) is 46.4 Å². The van der Waals surface area contributed by atoms with Gasteiger partial charge in [0.05, 0.1) is 12.9 Å². The Kier molecular flexibility index (Phi) is 3.31. The van der Waals surface area contributed by atoms with E-state index in [9.17, 15) is 0 Å². The molecular formula is C14H11BrN4OS. The van der Waals surface area contributed by atoms with E-state index in [1.165, 1.54) is 11.2 Å².